The minimum atomic E-state index is -0.148. The molecule has 7 atom stereocenters. The molecule has 0 aromatic heterocycles. The first-order valence-corrected chi connectivity index (χ1v) is 11.8. The molecule has 0 aromatic carbocycles. The molecule has 0 saturated heterocycles. The third-order valence-electron chi connectivity index (χ3n) is 8.86. The number of thioether (sulfide) groups is 1. The fourth-order valence-electron chi connectivity index (χ4n) is 7.55. The summed E-state index contributed by atoms with van der Waals surface area (Å²) in [5, 5.41) is 23.4. The largest absolute Gasteiger partial charge is 0.510 e. The molecule has 0 aromatic rings. The number of aliphatic hydroxyl groups excluding tert-OH is 2. The normalized spacial score (nSPS) is 49.0. The lowest BCUT2D eigenvalue weighted by atomic mass is 9.46. The summed E-state index contributed by atoms with van der Waals surface area (Å²) in [7, 11) is 0. The van der Waals surface area contributed by atoms with E-state index in [-0.39, 0.29) is 16.9 Å². The van der Waals surface area contributed by atoms with Gasteiger partial charge in [0, 0.05) is 18.0 Å². The van der Waals surface area contributed by atoms with Crippen LogP contribution in [0.1, 0.15) is 59.3 Å². The summed E-state index contributed by atoms with van der Waals surface area (Å²) < 4.78 is 0. The molecule has 148 valence electrons. The van der Waals surface area contributed by atoms with Crippen molar-refractivity contribution in [3.8, 4) is 0 Å². The Morgan fingerprint density at radius 3 is 2.63 bits per heavy atom. The van der Waals surface area contributed by atoms with Crippen LogP contribution in [0.4, 0.5) is 0 Å². The standard InChI is InChI=1S/C23H33NO2S/c1-14-10-15-11-16(25)4-6-22(15,2)17-5-7-23(3)18(20(14)17)12-19(26)21(23)24-8-9-27-13-24/h8-10,14,16-18,20,25-26H,4-7,11-13H2,1-3H3/t14-,16-,17-,18-,20+,22-,23-/m0/s1. The maximum absolute atomic E-state index is 11.0. The van der Waals surface area contributed by atoms with Gasteiger partial charge in [-0.3, -0.25) is 0 Å². The number of fused-ring (bicyclic) bond motifs is 5. The van der Waals surface area contributed by atoms with Gasteiger partial charge in [0.1, 0.15) is 5.76 Å². The zero-order chi connectivity index (χ0) is 19.0. The predicted octanol–water partition coefficient (Wildman–Crippen LogP) is 5.41. The Morgan fingerprint density at radius 1 is 1.11 bits per heavy atom. The van der Waals surface area contributed by atoms with E-state index in [0.29, 0.717) is 29.4 Å². The number of nitrogens with zero attached hydrogens (tertiary/aromatic N) is 1. The Hall–Kier alpha value is -0.870. The quantitative estimate of drug-likeness (QED) is 0.590. The fraction of sp³-hybridized carbons (Fsp3) is 0.739. The van der Waals surface area contributed by atoms with E-state index in [9.17, 15) is 10.2 Å². The highest BCUT2D eigenvalue weighted by Crippen LogP contribution is 2.67. The highest BCUT2D eigenvalue weighted by Gasteiger charge is 2.60. The van der Waals surface area contributed by atoms with Crippen LogP contribution in [0.2, 0.25) is 0 Å². The van der Waals surface area contributed by atoms with Gasteiger partial charge in [0.05, 0.1) is 17.7 Å². The van der Waals surface area contributed by atoms with Gasteiger partial charge in [0.2, 0.25) is 0 Å². The second-order valence-electron chi connectivity index (χ2n) is 10.2. The molecule has 1 heterocycles. The molecule has 2 fully saturated rings. The van der Waals surface area contributed by atoms with E-state index in [1.807, 2.05) is 11.8 Å². The van der Waals surface area contributed by atoms with Crippen molar-refractivity contribution in [1.82, 2.24) is 4.90 Å². The number of hydrogen-bond donors (Lipinski definition) is 2. The van der Waals surface area contributed by atoms with E-state index in [1.54, 1.807) is 0 Å². The van der Waals surface area contributed by atoms with Gasteiger partial charge in [-0.15, -0.1) is 11.8 Å². The van der Waals surface area contributed by atoms with E-state index in [1.165, 1.54) is 24.1 Å². The summed E-state index contributed by atoms with van der Waals surface area (Å²) in [6.45, 7) is 7.28. The molecule has 0 bridgehead atoms. The molecule has 0 amide bonds. The number of allylic oxidation sites excluding steroid dienone is 3. The van der Waals surface area contributed by atoms with Gasteiger partial charge < -0.3 is 15.1 Å². The van der Waals surface area contributed by atoms with E-state index >= 15 is 0 Å². The van der Waals surface area contributed by atoms with Crippen molar-refractivity contribution in [3.05, 3.63) is 34.7 Å². The van der Waals surface area contributed by atoms with E-state index in [2.05, 4.69) is 43.4 Å². The molecule has 3 nitrogen and oxygen atoms in total. The minimum Gasteiger partial charge on any atom is -0.510 e. The lowest BCUT2D eigenvalue weighted by Crippen LogP contribution is -2.53. The second-order valence-corrected chi connectivity index (χ2v) is 11.0. The Morgan fingerprint density at radius 2 is 1.89 bits per heavy atom. The molecule has 0 spiro atoms. The zero-order valence-corrected chi connectivity index (χ0v) is 17.6. The Bertz CT molecular complexity index is 743. The van der Waals surface area contributed by atoms with Gasteiger partial charge >= 0.3 is 0 Å². The number of rotatable bonds is 1. The first-order valence-electron chi connectivity index (χ1n) is 10.7. The number of aliphatic hydroxyl groups is 2. The summed E-state index contributed by atoms with van der Waals surface area (Å²) in [5.74, 6) is 3.96. The Kier molecular flexibility index (Phi) is 4.08. The molecule has 0 radical (unpaired) electrons. The first kappa shape index (κ1) is 18.2. The van der Waals surface area contributed by atoms with Gasteiger partial charge in [0.15, 0.2) is 0 Å². The van der Waals surface area contributed by atoms with Crippen LogP contribution in [0.15, 0.2) is 34.7 Å². The monoisotopic (exact) mass is 387 g/mol. The van der Waals surface area contributed by atoms with Crippen LogP contribution in [-0.2, 0) is 0 Å². The Labute approximate surface area is 167 Å². The summed E-state index contributed by atoms with van der Waals surface area (Å²) in [4.78, 5) is 2.30. The fourth-order valence-corrected chi connectivity index (χ4v) is 8.24. The third-order valence-corrected chi connectivity index (χ3v) is 9.60. The van der Waals surface area contributed by atoms with Crippen molar-refractivity contribution < 1.29 is 10.2 Å². The Balaban J connectivity index is 1.52. The van der Waals surface area contributed by atoms with E-state index in [4.69, 9.17) is 0 Å². The van der Waals surface area contributed by atoms with Crippen LogP contribution in [0, 0.1) is 34.5 Å². The van der Waals surface area contributed by atoms with Crippen molar-refractivity contribution in [1.29, 1.82) is 0 Å². The average Bonchev–Trinajstić information content (AvgIpc) is 3.21. The van der Waals surface area contributed by atoms with Crippen LogP contribution in [0.5, 0.6) is 0 Å². The maximum Gasteiger partial charge on any atom is 0.113 e. The molecule has 5 rings (SSSR count). The van der Waals surface area contributed by atoms with Gasteiger partial charge in [-0.25, -0.2) is 0 Å². The molecule has 1 aliphatic heterocycles. The van der Waals surface area contributed by atoms with Crippen molar-refractivity contribution >= 4 is 11.8 Å². The smallest absolute Gasteiger partial charge is 0.113 e. The van der Waals surface area contributed by atoms with Crippen molar-refractivity contribution in [2.45, 2.75) is 65.4 Å². The molecule has 4 heteroatoms. The summed E-state index contributed by atoms with van der Waals surface area (Å²) in [6, 6.07) is 0. The highest BCUT2D eigenvalue weighted by atomic mass is 32.2. The molecule has 27 heavy (non-hydrogen) atoms. The van der Waals surface area contributed by atoms with Gasteiger partial charge in [-0.2, -0.15) is 0 Å². The van der Waals surface area contributed by atoms with Crippen molar-refractivity contribution in [3.63, 3.8) is 0 Å². The van der Waals surface area contributed by atoms with Gasteiger partial charge in [-0.05, 0) is 66.6 Å². The maximum atomic E-state index is 11.0. The van der Waals surface area contributed by atoms with Crippen LogP contribution in [-0.4, -0.2) is 27.1 Å². The number of hydrogen-bond acceptors (Lipinski definition) is 4. The van der Waals surface area contributed by atoms with Crippen LogP contribution >= 0.6 is 11.8 Å². The molecule has 2 saturated carbocycles. The first-order chi connectivity index (χ1) is 12.8. The lowest BCUT2D eigenvalue weighted by Gasteiger charge is -2.59. The molecule has 5 aliphatic rings. The molecule has 2 N–H and O–H groups in total. The lowest BCUT2D eigenvalue weighted by molar-refractivity contribution is -0.0525. The topological polar surface area (TPSA) is 43.7 Å². The molecular weight excluding hydrogens is 354 g/mol. The highest BCUT2D eigenvalue weighted by molar-refractivity contribution is 8.02. The van der Waals surface area contributed by atoms with Crippen molar-refractivity contribution in [2.75, 3.05) is 5.88 Å². The molecular formula is C23H33NO2S. The van der Waals surface area contributed by atoms with Gasteiger partial charge in [-0.1, -0.05) is 32.4 Å². The van der Waals surface area contributed by atoms with Crippen LogP contribution < -0.4 is 0 Å². The van der Waals surface area contributed by atoms with Gasteiger partial charge in [0.25, 0.3) is 0 Å². The predicted molar refractivity (Wildman–Crippen MR) is 111 cm³/mol. The third kappa shape index (κ3) is 2.45. The zero-order valence-electron chi connectivity index (χ0n) is 16.8. The minimum absolute atomic E-state index is 0.0879. The second kappa shape index (κ2) is 6.06. The van der Waals surface area contributed by atoms with E-state index in [0.717, 1.165) is 31.6 Å². The summed E-state index contributed by atoms with van der Waals surface area (Å²) >= 11 is 1.81. The average molecular weight is 388 g/mol. The van der Waals surface area contributed by atoms with E-state index < -0.39 is 0 Å². The SMILES string of the molecule is C[C@H]1C=C2C[C@@H](O)CC[C@]2(C)[C@H]2CC[C@]3(C)C(N4C=CSC4)=C(O)C[C@H]3[C@H]12. The molecule has 4 aliphatic carbocycles. The van der Waals surface area contributed by atoms with Crippen LogP contribution in [0.3, 0.4) is 0 Å². The summed E-state index contributed by atoms with van der Waals surface area (Å²) in [5.41, 5.74) is 3.07. The van der Waals surface area contributed by atoms with Crippen molar-refractivity contribution in [2.24, 2.45) is 34.5 Å². The van der Waals surface area contributed by atoms with Crippen LogP contribution in [0.25, 0.3) is 0 Å². The molecule has 0 unspecified atom stereocenters. The summed E-state index contributed by atoms with van der Waals surface area (Å²) in [6.07, 6.45) is 10.7.